The molecule has 5 nitrogen and oxygen atoms in total. The van der Waals surface area contributed by atoms with Gasteiger partial charge in [0.25, 0.3) is 0 Å². The molecule has 100 valence electrons. The molecule has 1 aromatic heterocycles. The van der Waals surface area contributed by atoms with Gasteiger partial charge in [0, 0.05) is 25.0 Å². The lowest BCUT2D eigenvalue weighted by atomic mass is 9.79. The van der Waals surface area contributed by atoms with Crippen LogP contribution in [0.2, 0.25) is 0 Å². The van der Waals surface area contributed by atoms with Gasteiger partial charge in [0.1, 0.15) is 5.82 Å². The molecule has 0 aromatic carbocycles. The van der Waals surface area contributed by atoms with E-state index >= 15 is 0 Å². The van der Waals surface area contributed by atoms with Crippen LogP contribution in [0.5, 0.6) is 0 Å². The molecule has 3 rings (SSSR count). The number of nitrogens with zero attached hydrogens (tertiary/aromatic N) is 2. The molecule has 0 unspecified atom stereocenters. The summed E-state index contributed by atoms with van der Waals surface area (Å²) in [7, 11) is 0. The summed E-state index contributed by atoms with van der Waals surface area (Å²) in [5.74, 6) is 2.06. The van der Waals surface area contributed by atoms with Crippen LogP contribution in [0.3, 0.4) is 0 Å². The summed E-state index contributed by atoms with van der Waals surface area (Å²) < 4.78 is 0. The fourth-order valence-electron chi connectivity index (χ4n) is 3.39. The van der Waals surface area contributed by atoms with Gasteiger partial charge in [-0.25, -0.2) is 4.98 Å². The number of aromatic amines is 1. The summed E-state index contributed by atoms with van der Waals surface area (Å²) in [5, 5.41) is 19.4. The van der Waals surface area contributed by atoms with Gasteiger partial charge in [0.15, 0.2) is 0 Å². The lowest BCUT2D eigenvalue weighted by Gasteiger charge is -2.32. The highest BCUT2D eigenvalue weighted by Gasteiger charge is 2.41. The maximum atomic E-state index is 9.72. The second-order valence-corrected chi connectivity index (χ2v) is 5.83. The molecule has 18 heavy (non-hydrogen) atoms. The van der Waals surface area contributed by atoms with Crippen LogP contribution in [-0.4, -0.2) is 50.4 Å². The highest BCUT2D eigenvalue weighted by atomic mass is 16.3. The van der Waals surface area contributed by atoms with E-state index in [1.54, 1.807) is 0 Å². The SMILES string of the molecule is Cc1cnc(CN2C[C@H]3C[C@H](O)[C@@H](O)C[C@H]3C2)[nH]1. The Bertz CT molecular complexity index is 402. The molecule has 4 atom stereocenters. The van der Waals surface area contributed by atoms with Crippen molar-refractivity contribution in [3.05, 3.63) is 17.7 Å². The number of aliphatic hydroxyl groups excluding tert-OH is 2. The number of imidazole rings is 1. The number of nitrogens with one attached hydrogen (secondary N) is 1. The van der Waals surface area contributed by atoms with E-state index in [0.29, 0.717) is 11.8 Å². The van der Waals surface area contributed by atoms with E-state index < -0.39 is 12.2 Å². The Balaban J connectivity index is 1.61. The van der Waals surface area contributed by atoms with E-state index in [1.165, 1.54) is 0 Å². The Morgan fingerprint density at radius 3 is 2.39 bits per heavy atom. The number of aromatic nitrogens is 2. The number of rotatable bonds is 2. The van der Waals surface area contributed by atoms with Crippen molar-refractivity contribution >= 4 is 0 Å². The molecule has 0 radical (unpaired) electrons. The van der Waals surface area contributed by atoms with Gasteiger partial charge in [-0.15, -0.1) is 0 Å². The van der Waals surface area contributed by atoms with Gasteiger partial charge in [-0.1, -0.05) is 0 Å². The highest BCUT2D eigenvalue weighted by Crippen LogP contribution is 2.36. The summed E-state index contributed by atoms with van der Waals surface area (Å²) in [6.45, 7) is 4.86. The van der Waals surface area contributed by atoms with Crippen molar-refractivity contribution in [2.45, 2.75) is 38.5 Å². The highest BCUT2D eigenvalue weighted by molar-refractivity contribution is 5.00. The van der Waals surface area contributed by atoms with Crippen LogP contribution >= 0.6 is 0 Å². The fraction of sp³-hybridized carbons (Fsp3) is 0.769. The zero-order chi connectivity index (χ0) is 12.7. The molecule has 5 heteroatoms. The first-order chi connectivity index (χ1) is 8.61. The Hall–Kier alpha value is -0.910. The van der Waals surface area contributed by atoms with Crippen molar-refractivity contribution in [2.24, 2.45) is 11.8 Å². The Morgan fingerprint density at radius 1 is 1.28 bits per heavy atom. The standard InChI is InChI=1S/C13H21N3O2/c1-8-4-14-13(15-8)7-16-5-9-2-11(17)12(18)3-10(9)6-16/h4,9-12,17-18H,2-3,5-7H2,1H3,(H,14,15)/t9-,10+,11-,12-/m0/s1. The molecule has 3 N–H and O–H groups in total. The quantitative estimate of drug-likeness (QED) is 0.706. The number of aryl methyl sites for hydroxylation is 1. The lowest BCUT2D eigenvalue weighted by molar-refractivity contribution is -0.0372. The van der Waals surface area contributed by atoms with Gasteiger partial charge in [-0.2, -0.15) is 0 Å². The van der Waals surface area contributed by atoms with Crippen LogP contribution in [0.15, 0.2) is 6.20 Å². The van der Waals surface area contributed by atoms with Crippen LogP contribution in [0.1, 0.15) is 24.4 Å². The molecule has 2 aliphatic rings. The third kappa shape index (κ3) is 2.30. The topological polar surface area (TPSA) is 72.4 Å². The predicted octanol–water partition coefficient (Wildman–Crippen LogP) is 0.282. The van der Waals surface area contributed by atoms with E-state index in [1.807, 2.05) is 13.1 Å². The van der Waals surface area contributed by atoms with E-state index in [9.17, 15) is 10.2 Å². The van der Waals surface area contributed by atoms with Crippen molar-refractivity contribution in [1.29, 1.82) is 0 Å². The summed E-state index contributed by atoms with van der Waals surface area (Å²) in [5.41, 5.74) is 1.09. The molecule has 1 aliphatic carbocycles. The maximum absolute atomic E-state index is 9.72. The molecule has 1 saturated carbocycles. The van der Waals surface area contributed by atoms with Crippen LogP contribution in [0.25, 0.3) is 0 Å². The van der Waals surface area contributed by atoms with E-state index in [4.69, 9.17) is 0 Å². The Kier molecular flexibility index (Phi) is 3.13. The molecule has 1 aliphatic heterocycles. The van der Waals surface area contributed by atoms with Gasteiger partial charge >= 0.3 is 0 Å². The smallest absolute Gasteiger partial charge is 0.120 e. The minimum atomic E-state index is -0.531. The predicted molar refractivity (Wildman–Crippen MR) is 66.8 cm³/mol. The largest absolute Gasteiger partial charge is 0.390 e. The maximum Gasteiger partial charge on any atom is 0.120 e. The third-order valence-corrected chi connectivity index (χ3v) is 4.31. The molecular formula is C13H21N3O2. The first-order valence-electron chi connectivity index (χ1n) is 6.71. The van der Waals surface area contributed by atoms with Crippen LogP contribution in [0.4, 0.5) is 0 Å². The average Bonchev–Trinajstić information content (AvgIpc) is 2.86. The van der Waals surface area contributed by atoms with Crippen LogP contribution in [-0.2, 0) is 6.54 Å². The van der Waals surface area contributed by atoms with Gasteiger partial charge in [-0.05, 0) is 31.6 Å². The summed E-state index contributed by atoms with van der Waals surface area (Å²) in [4.78, 5) is 9.95. The second-order valence-electron chi connectivity index (χ2n) is 5.83. The number of aliphatic hydroxyl groups is 2. The first-order valence-corrected chi connectivity index (χ1v) is 6.71. The van der Waals surface area contributed by atoms with Gasteiger partial charge in [0.2, 0.25) is 0 Å². The van der Waals surface area contributed by atoms with Crippen molar-refractivity contribution in [1.82, 2.24) is 14.9 Å². The molecule has 0 amide bonds. The molecule has 1 aromatic rings. The zero-order valence-corrected chi connectivity index (χ0v) is 10.7. The number of likely N-dealkylation sites (tertiary alicyclic amines) is 1. The molecule has 0 bridgehead atoms. The summed E-state index contributed by atoms with van der Waals surface area (Å²) in [6, 6.07) is 0. The summed E-state index contributed by atoms with van der Waals surface area (Å²) >= 11 is 0. The normalized spacial score (nSPS) is 36.8. The van der Waals surface area contributed by atoms with Crippen molar-refractivity contribution < 1.29 is 10.2 Å². The van der Waals surface area contributed by atoms with E-state index in [2.05, 4.69) is 14.9 Å². The van der Waals surface area contributed by atoms with Crippen molar-refractivity contribution in [3.8, 4) is 0 Å². The summed E-state index contributed by atoms with van der Waals surface area (Å²) in [6.07, 6.45) is 2.26. The third-order valence-electron chi connectivity index (χ3n) is 4.31. The molecular weight excluding hydrogens is 230 g/mol. The Morgan fingerprint density at radius 2 is 1.89 bits per heavy atom. The molecule has 2 heterocycles. The first kappa shape index (κ1) is 12.1. The Labute approximate surface area is 107 Å². The van der Waals surface area contributed by atoms with Crippen LogP contribution < -0.4 is 0 Å². The second kappa shape index (κ2) is 4.64. The van der Waals surface area contributed by atoms with Gasteiger partial charge in [-0.3, -0.25) is 4.90 Å². The average molecular weight is 251 g/mol. The van der Waals surface area contributed by atoms with Gasteiger partial charge < -0.3 is 15.2 Å². The van der Waals surface area contributed by atoms with Crippen molar-refractivity contribution in [2.75, 3.05) is 13.1 Å². The number of hydrogen-bond acceptors (Lipinski definition) is 4. The fourth-order valence-corrected chi connectivity index (χ4v) is 3.39. The van der Waals surface area contributed by atoms with Gasteiger partial charge in [0.05, 0.1) is 18.8 Å². The monoisotopic (exact) mass is 251 g/mol. The minimum absolute atomic E-state index is 0.527. The molecule has 1 saturated heterocycles. The lowest BCUT2D eigenvalue weighted by Crippen LogP contribution is -2.38. The van der Waals surface area contributed by atoms with Crippen molar-refractivity contribution in [3.63, 3.8) is 0 Å². The number of H-pyrrole nitrogens is 1. The molecule has 2 fully saturated rings. The number of hydrogen-bond donors (Lipinski definition) is 3. The van der Waals surface area contributed by atoms with Crippen LogP contribution in [0, 0.1) is 18.8 Å². The number of fused-ring (bicyclic) bond motifs is 1. The zero-order valence-electron chi connectivity index (χ0n) is 10.7. The minimum Gasteiger partial charge on any atom is -0.390 e. The van der Waals surface area contributed by atoms with E-state index in [-0.39, 0.29) is 0 Å². The van der Waals surface area contributed by atoms with E-state index in [0.717, 1.165) is 44.0 Å². The molecule has 0 spiro atoms.